The molecule has 0 bridgehead atoms. The van der Waals surface area contributed by atoms with Crippen molar-refractivity contribution in [3.05, 3.63) is 105 Å². The zero-order chi connectivity index (χ0) is 22.9. The molecule has 0 N–H and O–H groups in total. The molecule has 1 heteroatoms. The standard InChI is InChI=1S/C29H25F.C2H6/c1-21-7-11-23(12-8-21)15-17-26-19-20-27(18-16-24-13-9-22(2)10-14-24)29(30)28(26)25-5-3-4-6-25;1-2/h7-14,19-20,25H,3-6H2,1-2H3;1-2H3. The van der Waals surface area contributed by atoms with Crippen LogP contribution < -0.4 is 0 Å². The average molecular weight is 423 g/mol. The van der Waals surface area contributed by atoms with E-state index in [2.05, 4.69) is 30.6 Å². The Bertz CT molecular complexity index is 1150. The summed E-state index contributed by atoms with van der Waals surface area (Å²) in [5.41, 5.74) is 6.23. The average Bonchev–Trinajstić information content (AvgIpc) is 3.35. The van der Waals surface area contributed by atoms with E-state index in [0.717, 1.165) is 47.9 Å². The van der Waals surface area contributed by atoms with E-state index in [-0.39, 0.29) is 11.7 Å². The highest BCUT2D eigenvalue weighted by molar-refractivity contribution is 5.54. The third kappa shape index (κ3) is 5.90. The van der Waals surface area contributed by atoms with E-state index in [1.165, 1.54) is 11.1 Å². The van der Waals surface area contributed by atoms with E-state index < -0.39 is 0 Å². The molecule has 1 fully saturated rings. The lowest BCUT2D eigenvalue weighted by Gasteiger charge is -2.14. The molecular formula is C31H31F. The summed E-state index contributed by atoms with van der Waals surface area (Å²) in [7, 11) is 0. The molecule has 4 rings (SSSR count). The molecule has 1 saturated carbocycles. The molecule has 1 aliphatic carbocycles. The Morgan fingerprint density at radius 3 is 1.56 bits per heavy atom. The van der Waals surface area contributed by atoms with E-state index >= 15 is 4.39 Å². The normalized spacial score (nSPS) is 12.7. The van der Waals surface area contributed by atoms with E-state index in [4.69, 9.17) is 0 Å². The van der Waals surface area contributed by atoms with Crippen molar-refractivity contribution in [2.24, 2.45) is 0 Å². The summed E-state index contributed by atoms with van der Waals surface area (Å²) in [6.45, 7) is 8.10. The minimum Gasteiger partial charge on any atom is -0.205 e. The van der Waals surface area contributed by atoms with E-state index in [0.29, 0.717) is 5.56 Å². The van der Waals surface area contributed by atoms with Crippen LogP contribution in [0.1, 0.15) is 84.4 Å². The maximum atomic E-state index is 15.6. The van der Waals surface area contributed by atoms with Crippen LogP contribution >= 0.6 is 0 Å². The monoisotopic (exact) mass is 422 g/mol. The quantitative estimate of drug-likeness (QED) is 0.349. The first kappa shape index (κ1) is 23.4. The molecule has 1 aliphatic rings. The summed E-state index contributed by atoms with van der Waals surface area (Å²) in [5, 5.41) is 0. The smallest absolute Gasteiger partial charge is 0.143 e. The van der Waals surface area contributed by atoms with Crippen LogP contribution in [0, 0.1) is 43.3 Å². The molecule has 3 aromatic rings. The number of hydrogen-bond donors (Lipinski definition) is 0. The van der Waals surface area contributed by atoms with Crippen LogP contribution in [0.5, 0.6) is 0 Å². The van der Waals surface area contributed by atoms with Gasteiger partial charge in [-0.3, -0.25) is 0 Å². The maximum Gasteiger partial charge on any atom is 0.143 e. The van der Waals surface area contributed by atoms with Gasteiger partial charge in [0, 0.05) is 22.3 Å². The Morgan fingerprint density at radius 1 is 0.625 bits per heavy atom. The van der Waals surface area contributed by atoms with Crippen molar-refractivity contribution >= 4 is 0 Å². The highest BCUT2D eigenvalue weighted by Crippen LogP contribution is 2.38. The molecule has 0 nitrogen and oxygen atoms in total. The summed E-state index contributed by atoms with van der Waals surface area (Å²) < 4.78 is 15.6. The highest BCUT2D eigenvalue weighted by Gasteiger charge is 2.24. The second kappa shape index (κ2) is 11.4. The fraction of sp³-hybridized carbons (Fsp3) is 0.290. The van der Waals surface area contributed by atoms with Gasteiger partial charge in [0.2, 0.25) is 0 Å². The third-order valence-electron chi connectivity index (χ3n) is 5.73. The SMILES string of the molecule is CC.Cc1ccc(C#Cc2ccc(C#Cc3ccc(C)cc3)c(C3CCCC3)c2F)cc1. The van der Waals surface area contributed by atoms with Crippen LogP contribution in [0.2, 0.25) is 0 Å². The van der Waals surface area contributed by atoms with Crippen LogP contribution in [-0.4, -0.2) is 0 Å². The second-order valence-corrected chi connectivity index (χ2v) is 8.10. The minimum atomic E-state index is -0.197. The number of hydrogen-bond acceptors (Lipinski definition) is 0. The van der Waals surface area contributed by atoms with Gasteiger partial charge in [0.05, 0.1) is 5.56 Å². The maximum absolute atomic E-state index is 15.6. The van der Waals surface area contributed by atoms with Gasteiger partial charge in [0.15, 0.2) is 0 Å². The van der Waals surface area contributed by atoms with Gasteiger partial charge in [0.25, 0.3) is 0 Å². The second-order valence-electron chi connectivity index (χ2n) is 8.10. The largest absolute Gasteiger partial charge is 0.205 e. The number of rotatable bonds is 1. The third-order valence-corrected chi connectivity index (χ3v) is 5.73. The fourth-order valence-corrected chi connectivity index (χ4v) is 3.96. The molecule has 0 radical (unpaired) electrons. The minimum absolute atomic E-state index is 0.197. The van der Waals surface area contributed by atoms with Gasteiger partial charge < -0.3 is 0 Å². The zero-order valence-corrected chi connectivity index (χ0v) is 19.6. The van der Waals surface area contributed by atoms with Gasteiger partial charge in [-0.05, 0) is 69.0 Å². The summed E-state index contributed by atoms with van der Waals surface area (Å²) in [5.74, 6) is 12.6. The van der Waals surface area contributed by atoms with Crippen molar-refractivity contribution in [2.45, 2.75) is 59.3 Å². The summed E-state index contributed by atoms with van der Waals surface area (Å²) in [6.07, 6.45) is 4.33. The van der Waals surface area contributed by atoms with Crippen LogP contribution in [-0.2, 0) is 0 Å². The molecule has 0 aromatic heterocycles. The summed E-state index contributed by atoms with van der Waals surface area (Å²) >= 11 is 0. The van der Waals surface area contributed by atoms with E-state index in [1.54, 1.807) is 6.07 Å². The van der Waals surface area contributed by atoms with Crippen molar-refractivity contribution in [3.63, 3.8) is 0 Å². The lowest BCUT2D eigenvalue weighted by molar-refractivity contribution is 0.576. The van der Waals surface area contributed by atoms with Crippen LogP contribution in [0.15, 0.2) is 60.7 Å². The summed E-state index contributed by atoms with van der Waals surface area (Å²) in [4.78, 5) is 0. The molecule has 162 valence electrons. The van der Waals surface area contributed by atoms with Gasteiger partial charge in [-0.1, -0.05) is 85.8 Å². The molecule has 0 heterocycles. The van der Waals surface area contributed by atoms with Crippen LogP contribution in [0.25, 0.3) is 0 Å². The van der Waals surface area contributed by atoms with E-state index in [1.807, 2.05) is 75.4 Å². The predicted octanol–water partition coefficient (Wildman–Crippen LogP) is 7.93. The Labute approximate surface area is 192 Å². The van der Waals surface area contributed by atoms with Gasteiger partial charge >= 0.3 is 0 Å². The first-order valence-corrected chi connectivity index (χ1v) is 11.6. The number of benzene rings is 3. The zero-order valence-electron chi connectivity index (χ0n) is 19.6. The van der Waals surface area contributed by atoms with Gasteiger partial charge in [-0.15, -0.1) is 0 Å². The molecule has 0 spiro atoms. The Morgan fingerprint density at radius 2 is 1.06 bits per heavy atom. The number of aryl methyl sites for hydroxylation is 2. The number of halogens is 1. The molecule has 0 amide bonds. The van der Waals surface area contributed by atoms with Crippen molar-refractivity contribution in [1.29, 1.82) is 0 Å². The van der Waals surface area contributed by atoms with E-state index in [9.17, 15) is 0 Å². The molecular weight excluding hydrogens is 391 g/mol. The Kier molecular flexibility index (Phi) is 8.30. The van der Waals surface area contributed by atoms with Crippen molar-refractivity contribution in [1.82, 2.24) is 0 Å². The first-order valence-electron chi connectivity index (χ1n) is 11.6. The lowest BCUT2D eigenvalue weighted by atomic mass is 9.90. The van der Waals surface area contributed by atoms with Crippen LogP contribution in [0.4, 0.5) is 4.39 Å². The highest BCUT2D eigenvalue weighted by atomic mass is 19.1. The molecule has 0 aliphatic heterocycles. The Balaban J connectivity index is 0.00000141. The first-order chi connectivity index (χ1) is 15.6. The predicted molar refractivity (Wildman–Crippen MR) is 133 cm³/mol. The summed E-state index contributed by atoms with van der Waals surface area (Å²) in [6, 6.07) is 19.8. The molecule has 0 unspecified atom stereocenters. The van der Waals surface area contributed by atoms with Crippen molar-refractivity contribution < 1.29 is 4.39 Å². The molecule has 0 saturated heterocycles. The van der Waals surface area contributed by atoms with Gasteiger partial charge in [0.1, 0.15) is 5.82 Å². The molecule has 3 aromatic carbocycles. The van der Waals surface area contributed by atoms with Crippen molar-refractivity contribution in [3.8, 4) is 23.7 Å². The van der Waals surface area contributed by atoms with Crippen molar-refractivity contribution in [2.75, 3.05) is 0 Å². The fourth-order valence-electron chi connectivity index (χ4n) is 3.96. The van der Waals surface area contributed by atoms with Crippen LogP contribution in [0.3, 0.4) is 0 Å². The topological polar surface area (TPSA) is 0 Å². The lowest BCUT2D eigenvalue weighted by Crippen LogP contribution is -2.03. The van der Waals surface area contributed by atoms with Gasteiger partial charge in [-0.25, -0.2) is 4.39 Å². The molecule has 0 atom stereocenters. The Hall–Kier alpha value is -3.29. The molecule has 32 heavy (non-hydrogen) atoms. The van der Waals surface area contributed by atoms with Gasteiger partial charge in [-0.2, -0.15) is 0 Å².